The molecule has 2 aromatic heterocycles. The molecule has 2 aliphatic carbocycles. The monoisotopic (exact) mass is 836 g/mol. The van der Waals surface area contributed by atoms with Gasteiger partial charge in [-0.25, -0.2) is 13.4 Å². The van der Waals surface area contributed by atoms with E-state index in [0.29, 0.717) is 56.5 Å². The van der Waals surface area contributed by atoms with E-state index in [-0.39, 0.29) is 31.7 Å². The van der Waals surface area contributed by atoms with Gasteiger partial charge in [0.2, 0.25) is 27.7 Å². The minimum atomic E-state index is -3.93. The van der Waals surface area contributed by atoms with Gasteiger partial charge in [0.25, 0.3) is 5.91 Å². The standard InChI is InChI=1S/C42H49ClN4O10S/c1-9-22-20-42(22,39(51)46-58(52,53)26-12-13-26)45-36(49)31-18-25(21-47(31)38(50)30(40(2,3)4)19-33(48)57-41(5,6)7)55-37-28-16-23(43)10-14-27(28)35-34(44-37)29-17-24(54-8)11-15-32(29)56-35/h9-11,14-17,22,25-26,30-31H,1,12-13,18-21H2,2-8H3,(H,45,49)(H,46,51)/t22-,25-,30-,31+,42-/m1/s1. The van der Waals surface area contributed by atoms with Crippen molar-refractivity contribution in [2.45, 2.75) is 102 Å². The number of pyridine rings is 1. The Morgan fingerprint density at radius 1 is 1.07 bits per heavy atom. The van der Waals surface area contributed by atoms with Crippen molar-refractivity contribution >= 4 is 78.2 Å². The van der Waals surface area contributed by atoms with E-state index in [4.69, 9.17) is 35.2 Å². The number of carbonyl (C=O) groups is 4. The van der Waals surface area contributed by atoms with Gasteiger partial charge in [-0.05, 0) is 81.8 Å². The summed E-state index contributed by atoms with van der Waals surface area (Å²) in [6.07, 6.45) is 1.42. The Bertz CT molecular complexity index is 2470. The number of halogens is 1. The molecule has 5 atom stereocenters. The molecule has 3 fully saturated rings. The quantitative estimate of drug-likeness (QED) is 0.122. The number of likely N-dealkylation sites (tertiary alicyclic amines) is 1. The fourth-order valence-electron chi connectivity index (χ4n) is 7.69. The highest BCUT2D eigenvalue weighted by Gasteiger charge is 2.62. The number of rotatable bonds is 12. The minimum absolute atomic E-state index is 0.0283. The lowest BCUT2D eigenvalue weighted by Gasteiger charge is -2.35. The number of nitrogens with zero attached hydrogens (tertiary/aromatic N) is 2. The Hall–Kier alpha value is -4.89. The smallest absolute Gasteiger partial charge is 0.307 e. The number of amides is 3. The van der Waals surface area contributed by atoms with Gasteiger partial charge in [-0.15, -0.1) is 6.58 Å². The van der Waals surface area contributed by atoms with Gasteiger partial charge in [-0.2, -0.15) is 0 Å². The van der Waals surface area contributed by atoms with E-state index in [1.54, 1.807) is 58.2 Å². The van der Waals surface area contributed by atoms with E-state index >= 15 is 0 Å². The van der Waals surface area contributed by atoms with Crippen LogP contribution >= 0.6 is 11.6 Å². The molecule has 0 bridgehead atoms. The van der Waals surface area contributed by atoms with Crippen molar-refractivity contribution in [1.29, 1.82) is 0 Å². The second-order valence-corrected chi connectivity index (χ2v) is 20.0. The molecule has 3 heterocycles. The van der Waals surface area contributed by atoms with E-state index in [0.717, 1.165) is 0 Å². The van der Waals surface area contributed by atoms with Crippen LogP contribution in [-0.2, 0) is 33.9 Å². The lowest BCUT2D eigenvalue weighted by molar-refractivity contribution is -0.161. The van der Waals surface area contributed by atoms with Crippen molar-refractivity contribution in [1.82, 2.24) is 19.9 Å². The molecule has 2 aromatic carbocycles. The number of fused-ring (bicyclic) bond motifs is 5. The topological polar surface area (TPSA) is 183 Å². The molecular weight excluding hydrogens is 788 g/mol. The normalized spacial score (nSPS) is 22.8. The summed E-state index contributed by atoms with van der Waals surface area (Å²) in [7, 11) is -2.37. The van der Waals surface area contributed by atoms with Gasteiger partial charge < -0.3 is 28.8 Å². The Balaban J connectivity index is 1.25. The van der Waals surface area contributed by atoms with Gasteiger partial charge in [0, 0.05) is 28.1 Å². The summed E-state index contributed by atoms with van der Waals surface area (Å²) < 4.78 is 51.7. The number of ether oxygens (including phenoxy) is 3. The fourth-order valence-corrected chi connectivity index (χ4v) is 9.23. The number of nitrogens with one attached hydrogen (secondary N) is 2. The van der Waals surface area contributed by atoms with Crippen LogP contribution in [-0.4, -0.2) is 84.2 Å². The predicted octanol–water partition coefficient (Wildman–Crippen LogP) is 6.21. The van der Waals surface area contributed by atoms with Crippen LogP contribution in [0.1, 0.15) is 73.6 Å². The highest BCUT2D eigenvalue weighted by molar-refractivity contribution is 7.91. The largest absolute Gasteiger partial charge is 0.497 e. The third-order valence-corrected chi connectivity index (χ3v) is 13.1. The van der Waals surface area contributed by atoms with E-state index in [1.165, 1.54) is 11.0 Å². The summed E-state index contributed by atoms with van der Waals surface area (Å²) >= 11 is 6.49. The third-order valence-electron chi connectivity index (χ3n) is 11.0. The molecule has 1 aliphatic heterocycles. The Kier molecular flexibility index (Phi) is 10.5. The second-order valence-electron chi connectivity index (χ2n) is 17.6. The maximum atomic E-state index is 14.8. The average Bonchev–Trinajstić information content (AvgIpc) is 4.04. The first kappa shape index (κ1) is 41.3. The number of carbonyl (C=O) groups excluding carboxylic acids is 4. The van der Waals surface area contributed by atoms with Gasteiger partial charge in [0.15, 0.2) is 5.58 Å². The number of sulfonamides is 1. The molecule has 2 N–H and O–H groups in total. The van der Waals surface area contributed by atoms with Crippen LogP contribution < -0.4 is 19.5 Å². The van der Waals surface area contributed by atoms with E-state index in [9.17, 15) is 27.6 Å². The molecule has 1 saturated heterocycles. The molecule has 7 rings (SSSR count). The molecule has 4 aromatic rings. The van der Waals surface area contributed by atoms with Gasteiger partial charge in [-0.3, -0.25) is 23.9 Å². The van der Waals surface area contributed by atoms with Crippen LogP contribution in [0.2, 0.25) is 5.02 Å². The van der Waals surface area contributed by atoms with E-state index < -0.39 is 79.5 Å². The van der Waals surface area contributed by atoms with Crippen LogP contribution in [0.25, 0.3) is 32.8 Å². The molecule has 3 aliphatic rings. The van der Waals surface area contributed by atoms with Crippen LogP contribution in [0.4, 0.5) is 0 Å². The predicted molar refractivity (Wildman–Crippen MR) is 218 cm³/mol. The maximum Gasteiger partial charge on any atom is 0.307 e. The zero-order chi connectivity index (χ0) is 42.1. The Morgan fingerprint density at radius 2 is 1.79 bits per heavy atom. The number of hydrogen-bond donors (Lipinski definition) is 2. The molecule has 16 heteroatoms. The van der Waals surface area contributed by atoms with Crippen molar-refractivity contribution in [3.63, 3.8) is 0 Å². The first-order valence-corrected chi connectivity index (χ1v) is 21.3. The lowest BCUT2D eigenvalue weighted by Crippen LogP contribution is -2.57. The molecule has 0 unspecified atom stereocenters. The van der Waals surface area contributed by atoms with Crippen molar-refractivity contribution < 1.29 is 46.2 Å². The molecule has 14 nitrogen and oxygen atoms in total. The van der Waals surface area contributed by atoms with Crippen molar-refractivity contribution in [2.24, 2.45) is 17.3 Å². The molecule has 0 radical (unpaired) electrons. The summed E-state index contributed by atoms with van der Waals surface area (Å²) in [5.41, 5.74) is -1.55. The van der Waals surface area contributed by atoms with E-state index in [2.05, 4.69) is 16.6 Å². The zero-order valence-corrected chi connectivity index (χ0v) is 35.2. The first-order chi connectivity index (χ1) is 27.1. The molecule has 3 amide bonds. The summed E-state index contributed by atoms with van der Waals surface area (Å²) in [5, 5.41) is 4.46. The van der Waals surface area contributed by atoms with Crippen molar-refractivity contribution in [2.75, 3.05) is 13.7 Å². The molecule has 310 valence electrons. The number of esters is 1. The number of furan rings is 1. The SMILES string of the molecule is C=C[C@@H]1C[C@]1(NC(=O)[C@@H]1C[C@@H](Oc2nc3c4cc(OC)ccc4oc3c3ccc(Cl)cc23)CN1C(=O)[C@@H](CC(=O)OC(C)(C)C)C(C)(C)C)C(=O)NS(=O)(=O)C1CC1. The summed E-state index contributed by atoms with van der Waals surface area (Å²) in [6, 6.07) is 9.42. The molecule has 0 spiro atoms. The zero-order valence-electron chi connectivity index (χ0n) is 33.6. The van der Waals surface area contributed by atoms with Gasteiger partial charge in [0.1, 0.15) is 40.1 Å². The van der Waals surface area contributed by atoms with Crippen molar-refractivity contribution in [3.05, 3.63) is 54.1 Å². The van der Waals surface area contributed by atoms with E-state index in [1.807, 2.05) is 26.8 Å². The maximum absolute atomic E-state index is 14.8. The van der Waals surface area contributed by atoms with Crippen LogP contribution in [0, 0.1) is 17.3 Å². The minimum Gasteiger partial charge on any atom is -0.497 e. The molecule has 58 heavy (non-hydrogen) atoms. The van der Waals surface area contributed by atoms with Gasteiger partial charge >= 0.3 is 5.97 Å². The second kappa shape index (κ2) is 14.7. The third kappa shape index (κ3) is 8.07. The van der Waals surface area contributed by atoms with Gasteiger partial charge in [0.05, 0.1) is 36.6 Å². The van der Waals surface area contributed by atoms with Crippen LogP contribution in [0.3, 0.4) is 0 Å². The Morgan fingerprint density at radius 3 is 2.41 bits per heavy atom. The lowest BCUT2D eigenvalue weighted by atomic mass is 9.77. The highest BCUT2D eigenvalue weighted by atomic mass is 35.5. The number of methoxy groups -OCH3 is 1. The Labute approximate surface area is 342 Å². The summed E-state index contributed by atoms with van der Waals surface area (Å²) in [4.78, 5) is 62.4. The number of aromatic nitrogens is 1. The average molecular weight is 837 g/mol. The summed E-state index contributed by atoms with van der Waals surface area (Å²) in [5.74, 6) is -3.28. The van der Waals surface area contributed by atoms with Gasteiger partial charge in [-0.1, -0.05) is 38.4 Å². The van der Waals surface area contributed by atoms with Crippen LogP contribution in [0.15, 0.2) is 53.5 Å². The fraction of sp³-hybridized carbons (Fsp3) is 0.500. The molecule has 2 saturated carbocycles. The highest BCUT2D eigenvalue weighted by Crippen LogP contribution is 2.46. The number of benzene rings is 2. The first-order valence-electron chi connectivity index (χ1n) is 19.3. The number of hydrogen-bond acceptors (Lipinski definition) is 11. The molecular formula is C42H49ClN4O10S. The van der Waals surface area contributed by atoms with Crippen molar-refractivity contribution in [3.8, 4) is 11.6 Å². The van der Waals surface area contributed by atoms with Crippen LogP contribution in [0.5, 0.6) is 11.6 Å². The summed E-state index contributed by atoms with van der Waals surface area (Å²) in [6.45, 7) is 14.4.